The Labute approximate surface area is 58.8 Å². The molecule has 0 atom stereocenters. The number of nitrogens with one attached hydrogen (secondary N) is 1. The monoisotopic (exact) mass is 141 g/mol. The number of thiol groups is 1. The summed E-state index contributed by atoms with van der Waals surface area (Å²) in [6.07, 6.45) is 1.22. The first-order valence-corrected chi connectivity index (χ1v) is 2.98. The second kappa shape index (κ2) is 2.27. The van der Waals surface area contributed by atoms with Crippen LogP contribution in [-0.2, 0) is 0 Å². The van der Waals surface area contributed by atoms with Crippen LogP contribution in [-0.4, -0.2) is 6.21 Å². The highest BCUT2D eigenvalue weighted by atomic mass is 32.1. The molecular formula is C6H7NOS. The zero-order valence-electron chi connectivity index (χ0n) is 5.01. The lowest BCUT2D eigenvalue weighted by Gasteiger charge is -1.80. The molecular weight excluding hydrogens is 134 g/mol. The fraction of sp³-hybridized carbons (Fsp3) is 0.167. The van der Waals surface area contributed by atoms with Crippen molar-refractivity contribution < 1.29 is 4.42 Å². The minimum atomic E-state index is 0.516. The average Bonchev–Trinajstić information content (AvgIpc) is 2.10. The van der Waals surface area contributed by atoms with Crippen molar-refractivity contribution >= 4 is 18.8 Å². The zero-order valence-corrected chi connectivity index (χ0v) is 5.90. The lowest BCUT2D eigenvalue weighted by molar-refractivity contribution is 0.450. The van der Waals surface area contributed by atoms with Gasteiger partial charge in [0.25, 0.3) is 0 Å². The molecule has 0 bridgehead atoms. The number of hydrogen-bond donors (Lipinski definition) is 2. The number of furan rings is 1. The summed E-state index contributed by atoms with van der Waals surface area (Å²) in [6.45, 7) is 1.83. The summed E-state index contributed by atoms with van der Waals surface area (Å²) in [4.78, 5) is 0. The topological polar surface area (TPSA) is 37.0 Å². The van der Waals surface area contributed by atoms with Gasteiger partial charge in [-0.25, -0.2) is 0 Å². The molecule has 0 aliphatic rings. The Balaban J connectivity index is 3.15. The molecule has 2 nitrogen and oxygen atoms in total. The molecule has 0 unspecified atom stereocenters. The summed E-state index contributed by atoms with van der Waals surface area (Å²) in [5.74, 6) is 0.790. The highest BCUT2D eigenvalue weighted by Gasteiger charge is 1.99. The normalized spacial score (nSPS) is 9.56. The van der Waals surface area contributed by atoms with E-state index in [9.17, 15) is 0 Å². The van der Waals surface area contributed by atoms with E-state index in [-0.39, 0.29) is 0 Å². The van der Waals surface area contributed by atoms with E-state index in [2.05, 4.69) is 12.6 Å². The smallest absolute Gasteiger partial charge is 0.166 e. The summed E-state index contributed by atoms with van der Waals surface area (Å²) in [6, 6.07) is 1.77. The van der Waals surface area contributed by atoms with Gasteiger partial charge in [0.2, 0.25) is 0 Å². The second-order valence-electron chi connectivity index (χ2n) is 1.76. The molecule has 0 aliphatic carbocycles. The lowest BCUT2D eigenvalue weighted by atomic mass is 10.3. The van der Waals surface area contributed by atoms with Crippen molar-refractivity contribution in [3.05, 3.63) is 17.4 Å². The Morgan fingerprint density at radius 2 is 2.44 bits per heavy atom. The van der Waals surface area contributed by atoms with Gasteiger partial charge < -0.3 is 9.83 Å². The third kappa shape index (κ3) is 1.16. The zero-order chi connectivity index (χ0) is 6.85. The molecule has 3 heteroatoms. The molecule has 0 saturated carbocycles. The van der Waals surface area contributed by atoms with Gasteiger partial charge in [-0.3, -0.25) is 0 Å². The molecule has 9 heavy (non-hydrogen) atoms. The van der Waals surface area contributed by atoms with E-state index in [0.717, 1.165) is 11.3 Å². The summed E-state index contributed by atoms with van der Waals surface area (Å²) < 4.78 is 5.02. The Morgan fingerprint density at radius 1 is 1.78 bits per heavy atom. The highest BCUT2D eigenvalue weighted by molar-refractivity contribution is 7.80. The largest absolute Gasteiger partial charge is 0.455 e. The second-order valence-corrected chi connectivity index (χ2v) is 2.17. The van der Waals surface area contributed by atoms with Crippen molar-refractivity contribution in [3.8, 4) is 0 Å². The summed E-state index contributed by atoms with van der Waals surface area (Å²) in [7, 11) is 0. The van der Waals surface area contributed by atoms with Crippen LogP contribution in [0.4, 0.5) is 0 Å². The number of rotatable bonds is 1. The Bertz CT molecular complexity index is 229. The molecule has 1 aromatic heterocycles. The van der Waals surface area contributed by atoms with Crippen LogP contribution in [0.5, 0.6) is 0 Å². The van der Waals surface area contributed by atoms with Crippen LogP contribution in [0.1, 0.15) is 11.3 Å². The molecule has 48 valence electrons. The van der Waals surface area contributed by atoms with Gasteiger partial charge in [-0.1, -0.05) is 0 Å². The predicted octanol–water partition coefficient (Wildman–Crippen LogP) is 1.87. The number of hydrogen-bond acceptors (Lipinski definition) is 3. The van der Waals surface area contributed by atoms with Gasteiger partial charge in [-0.2, -0.15) is 0 Å². The SMILES string of the molecule is Cc1cc(C=N)c(S)o1. The third-order valence-electron chi connectivity index (χ3n) is 1.02. The van der Waals surface area contributed by atoms with Crippen molar-refractivity contribution in [2.45, 2.75) is 12.0 Å². The van der Waals surface area contributed by atoms with Gasteiger partial charge in [0.05, 0.1) is 0 Å². The van der Waals surface area contributed by atoms with E-state index in [1.165, 1.54) is 6.21 Å². The third-order valence-corrected chi connectivity index (χ3v) is 1.37. The van der Waals surface area contributed by atoms with E-state index >= 15 is 0 Å². The summed E-state index contributed by atoms with van der Waals surface area (Å²) in [5, 5.41) is 7.38. The van der Waals surface area contributed by atoms with Gasteiger partial charge in [-0.15, -0.1) is 12.6 Å². The molecule has 0 aromatic carbocycles. The first kappa shape index (κ1) is 6.42. The van der Waals surface area contributed by atoms with Gasteiger partial charge in [0, 0.05) is 11.8 Å². The molecule has 0 spiro atoms. The van der Waals surface area contributed by atoms with Crippen LogP contribution in [0.15, 0.2) is 15.6 Å². The van der Waals surface area contributed by atoms with Crippen molar-refractivity contribution in [1.29, 1.82) is 5.41 Å². The highest BCUT2D eigenvalue weighted by Crippen LogP contribution is 2.15. The van der Waals surface area contributed by atoms with Crippen molar-refractivity contribution in [2.75, 3.05) is 0 Å². The average molecular weight is 141 g/mol. The maximum Gasteiger partial charge on any atom is 0.166 e. The van der Waals surface area contributed by atoms with Crippen molar-refractivity contribution in [3.63, 3.8) is 0 Å². The van der Waals surface area contributed by atoms with Crippen LogP contribution in [0, 0.1) is 12.3 Å². The van der Waals surface area contributed by atoms with Crippen molar-refractivity contribution in [2.24, 2.45) is 0 Å². The summed E-state index contributed by atoms with van der Waals surface area (Å²) >= 11 is 3.98. The lowest BCUT2D eigenvalue weighted by Crippen LogP contribution is -1.71. The first-order valence-electron chi connectivity index (χ1n) is 2.54. The van der Waals surface area contributed by atoms with Crippen LogP contribution in [0.3, 0.4) is 0 Å². The molecule has 1 heterocycles. The Kier molecular flexibility index (Phi) is 1.62. The van der Waals surface area contributed by atoms with Crippen LogP contribution < -0.4 is 0 Å². The molecule has 1 aromatic rings. The molecule has 0 radical (unpaired) electrons. The molecule has 1 N–H and O–H groups in total. The number of aryl methyl sites for hydroxylation is 1. The standard InChI is InChI=1S/C6H7NOS/c1-4-2-5(3-7)6(9)8-4/h2-3,7,9H,1H3. The van der Waals surface area contributed by atoms with Gasteiger partial charge >= 0.3 is 0 Å². The van der Waals surface area contributed by atoms with Crippen molar-refractivity contribution in [1.82, 2.24) is 0 Å². The quantitative estimate of drug-likeness (QED) is 0.454. The van der Waals surface area contributed by atoms with Crippen LogP contribution in [0.2, 0.25) is 0 Å². The molecule has 0 fully saturated rings. The van der Waals surface area contributed by atoms with Gasteiger partial charge in [0.15, 0.2) is 5.09 Å². The molecule has 0 amide bonds. The molecule has 1 rings (SSSR count). The summed E-state index contributed by atoms with van der Waals surface area (Å²) in [5.41, 5.74) is 0.732. The van der Waals surface area contributed by atoms with E-state index in [0.29, 0.717) is 5.09 Å². The molecule has 0 saturated heterocycles. The minimum Gasteiger partial charge on any atom is -0.455 e. The van der Waals surface area contributed by atoms with Gasteiger partial charge in [-0.05, 0) is 13.0 Å². The Hall–Kier alpha value is -0.700. The van der Waals surface area contributed by atoms with E-state index in [1.807, 2.05) is 6.92 Å². The minimum absolute atomic E-state index is 0.516. The maximum atomic E-state index is 6.86. The first-order chi connectivity index (χ1) is 4.24. The van der Waals surface area contributed by atoms with E-state index in [1.54, 1.807) is 6.07 Å². The van der Waals surface area contributed by atoms with Gasteiger partial charge in [0.1, 0.15) is 5.76 Å². The molecule has 0 aliphatic heterocycles. The van der Waals surface area contributed by atoms with E-state index < -0.39 is 0 Å². The fourth-order valence-electron chi connectivity index (χ4n) is 0.625. The maximum absolute atomic E-state index is 6.86. The van der Waals surface area contributed by atoms with E-state index in [4.69, 9.17) is 9.83 Å². The van der Waals surface area contributed by atoms with Crippen LogP contribution >= 0.6 is 12.6 Å². The predicted molar refractivity (Wildman–Crippen MR) is 38.6 cm³/mol. The fourth-order valence-corrected chi connectivity index (χ4v) is 0.898. The van der Waals surface area contributed by atoms with Crippen LogP contribution in [0.25, 0.3) is 0 Å². The Morgan fingerprint density at radius 3 is 2.67 bits per heavy atom.